The molecule has 86 valence electrons. The minimum absolute atomic E-state index is 0.292. The summed E-state index contributed by atoms with van der Waals surface area (Å²) in [5, 5.41) is 0. The SMILES string of the molecule is CCCC[C@H](N)CC1=CN=C2C=CC=C[C@H]12. The number of rotatable bonds is 5. The number of nitrogens with zero attached hydrogens (tertiary/aromatic N) is 1. The lowest BCUT2D eigenvalue weighted by atomic mass is 9.88. The van der Waals surface area contributed by atoms with Crippen LogP contribution in [-0.4, -0.2) is 11.8 Å². The van der Waals surface area contributed by atoms with Gasteiger partial charge in [0.1, 0.15) is 0 Å². The molecule has 0 spiro atoms. The van der Waals surface area contributed by atoms with Crippen LogP contribution < -0.4 is 5.73 Å². The van der Waals surface area contributed by atoms with Crippen molar-refractivity contribution in [3.63, 3.8) is 0 Å². The average molecular weight is 216 g/mol. The van der Waals surface area contributed by atoms with Crippen molar-refractivity contribution < 1.29 is 0 Å². The summed E-state index contributed by atoms with van der Waals surface area (Å²) in [6.45, 7) is 2.21. The smallest absolute Gasteiger partial charge is 0.0513 e. The lowest BCUT2D eigenvalue weighted by molar-refractivity contribution is 0.564. The van der Waals surface area contributed by atoms with Gasteiger partial charge >= 0.3 is 0 Å². The molecule has 16 heavy (non-hydrogen) atoms. The minimum Gasteiger partial charge on any atom is -0.327 e. The van der Waals surface area contributed by atoms with Crippen LogP contribution in [0.15, 0.2) is 41.1 Å². The van der Waals surface area contributed by atoms with Crippen molar-refractivity contribution in [2.75, 3.05) is 0 Å². The summed E-state index contributed by atoms with van der Waals surface area (Å²) in [6, 6.07) is 0.292. The third-order valence-electron chi connectivity index (χ3n) is 3.21. The Balaban J connectivity index is 1.89. The van der Waals surface area contributed by atoms with Crippen LogP contribution in [0.1, 0.15) is 32.6 Å². The lowest BCUT2D eigenvalue weighted by Crippen LogP contribution is -2.23. The Bertz CT molecular complexity index is 361. The van der Waals surface area contributed by atoms with E-state index in [0.717, 1.165) is 12.8 Å². The molecule has 2 nitrogen and oxygen atoms in total. The van der Waals surface area contributed by atoms with Crippen molar-refractivity contribution in [3.05, 3.63) is 36.1 Å². The molecule has 0 radical (unpaired) electrons. The summed E-state index contributed by atoms with van der Waals surface area (Å²) in [5.74, 6) is 0.401. The zero-order valence-corrected chi connectivity index (χ0v) is 9.89. The Morgan fingerprint density at radius 1 is 1.44 bits per heavy atom. The second kappa shape index (κ2) is 5.26. The van der Waals surface area contributed by atoms with Gasteiger partial charge in [0.2, 0.25) is 0 Å². The van der Waals surface area contributed by atoms with Gasteiger partial charge in [-0.1, -0.05) is 38.0 Å². The largest absolute Gasteiger partial charge is 0.327 e. The van der Waals surface area contributed by atoms with Crippen molar-refractivity contribution in [2.45, 2.75) is 38.6 Å². The first-order chi connectivity index (χ1) is 7.81. The topological polar surface area (TPSA) is 38.4 Å². The quantitative estimate of drug-likeness (QED) is 0.754. The van der Waals surface area contributed by atoms with E-state index in [1.165, 1.54) is 24.1 Å². The maximum Gasteiger partial charge on any atom is 0.0513 e. The van der Waals surface area contributed by atoms with Gasteiger partial charge < -0.3 is 5.73 Å². The molecule has 0 saturated carbocycles. The second-order valence-corrected chi connectivity index (χ2v) is 4.59. The van der Waals surface area contributed by atoms with Crippen LogP contribution in [0.25, 0.3) is 0 Å². The van der Waals surface area contributed by atoms with E-state index in [1.54, 1.807) is 0 Å². The lowest BCUT2D eigenvalue weighted by Gasteiger charge is -2.17. The normalized spacial score (nSPS) is 24.0. The molecule has 0 aromatic heterocycles. The van der Waals surface area contributed by atoms with Crippen molar-refractivity contribution in [1.29, 1.82) is 0 Å². The molecule has 2 aliphatic rings. The molecular weight excluding hydrogens is 196 g/mol. The predicted octanol–water partition coefficient (Wildman–Crippen LogP) is 2.97. The molecule has 2 atom stereocenters. The fourth-order valence-electron chi connectivity index (χ4n) is 2.26. The first-order valence-corrected chi connectivity index (χ1v) is 6.18. The molecule has 1 heterocycles. The zero-order chi connectivity index (χ0) is 11.4. The molecule has 0 amide bonds. The van der Waals surface area contributed by atoms with Gasteiger partial charge in [0.25, 0.3) is 0 Å². The van der Waals surface area contributed by atoms with Gasteiger partial charge in [-0.3, -0.25) is 4.99 Å². The van der Waals surface area contributed by atoms with E-state index in [-0.39, 0.29) is 0 Å². The monoisotopic (exact) mass is 216 g/mol. The Hall–Kier alpha value is -1.15. The Kier molecular flexibility index (Phi) is 3.73. The summed E-state index contributed by atoms with van der Waals surface area (Å²) in [6.07, 6.45) is 15.0. The maximum atomic E-state index is 6.13. The maximum absolute atomic E-state index is 6.13. The van der Waals surface area contributed by atoms with Crippen molar-refractivity contribution >= 4 is 5.71 Å². The molecule has 0 unspecified atom stereocenters. The highest BCUT2D eigenvalue weighted by molar-refractivity contribution is 6.03. The third kappa shape index (κ3) is 2.50. The first kappa shape index (κ1) is 11.3. The van der Waals surface area contributed by atoms with Gasteiger partial charge in [0.05, 0.1) is 5.71 Å². The number of allylic oxidation sites excluding steroid dienone is 4. The van der Waals surface area contributed by atoms with Gasteiger partial charge in [0, 0.05) is 18.2 Å². The van der Waals surface area contributed by atoms with Gasteiger partial charge in [-0.25, -0.2) is 0 Å². The van der Waals surface area contributed by atoms with Gasteiger partial charge in [-0.2, -0.15) is 0 Å². The van der Waals surface area contributed by atoms with E-state index < -0.39 is 0 Å². The number of nitrogens with two attached hydrogens (primary N) is 1. The summed E-state index contributed by atoms with van der Waals surface area (Å²) in [4.78, 5) is 4.43. The Morgan fingerprint density at radius 3 is 3.12 bits per heavy atom. The van der Waals surface area contributed by atoms with Crippen LogP contribution in [0, 0.1) is 5.92 Å². The van der Waals surface area contributed by atoms with E-state index in [4.69, 9.17) is 5.73 Å². The number of fused-ring (bicyclic) bond motifs is 1. The molecule has 0 aromatic carbocycles. The summed E-state index contributed by atoms with van der Waals surface area (Å²) in [7, 11) is 0. The van der Waals surface area contributed by atoms with Crippen LogP contribution in [0.2, 0.25) is 0 Å². The molecule has 2 N–H and O–H groups in total. The highest BCUT2D eigenvalue weighted by atomic mass is 14.8. The fourth-order valence-corrected chi connectivity index (χ4v) is 2.26. The van der Waals surface area contributed by atoms with E-state index in [9.17, 15) is 0 Å². The summed E-state index contributed by atoms with van der Waals surface area (Å²) < 4.78 is 0. The van der Waals surface area contributed by atoms with Crippen molar-refractivity contribution in [1.82, 2.24) is 0 Å². The second-order valence-electron chi connectivity index (χ2n) is 4.59. The number of unbranched alkanes of at least 4 members (excludes halogenated alkanes) is 1. The van der Waals surface area contributed by atoms with Crippen LogP contribution in [0.3, 0.4) is 0 Å². The number of hydrogen-bond donors (Lipinski definition) is 1. The van der Waals surface area contributed by atoms with Gasteiger partial charge in [0.15, 0.2) is 0 Å². The first-order valence-electron chi connectivity index (χ1n) is 6.18. The molecule has 1 aliphatic carbocycles. The average Bonchev–Trinajstić information content (AvgIpc) is 2.70. The predicted molar refractivity (Wildman–Crippen MR) is 69.4 cm³/mol. The standard InChI is InChI=1S/C14H20N2/c1-2-3-6-12(15)9-11-10-16-14-8-5-4-7-13(11)14/h4-5,7-8,10,12-13H,2-3,6,9,15H2,1H3/t12-,13+/m0/s1. The molecule has 0 aromatic rings. The van der Waals surface area contributed by atoms with Crippen LogP contribution in [0.5, 0.6) is 0 Å². The summed E-state index contributed by atoms with van der Waals surface area (Å²) in [5.41, 5.74) is 8.67. The molecule has 0 saturated heterocycles. The van der Waals surface area contributed by atoms with Crippen LogP contribution >= 0.6 is 0 Å². The fraction of sp³-hybridized carbons (Fsp3) is 0.500. The van der Waals surface area contributed by atoms with Crippen molar-refractivity contribution in [2.24, 2.45) is 16.6 Å². The molecule has 2 heteroatoms. The van der Waals surface area contributed by atoms with E-state index >= 15 is 0 Å². The van der Waals surface area contributed by atoms with E-state index in [0.29, 0.717) is 12.0 Å². The summed E-state index contributed by atoms with van der Waals surface area (Å²) >= 11 is 0. The third-order valence-corrected chi connectivity index (χ3v) is 3.21. The molecule has 0 fully saturated rings. The van der Waals surface area contributed by atoms with Crippen molar-refractivity contribution in [3.8, 4) is 0 Å². The molecule has 0 bridgehead atoms. The molecular formula is C14H20N2. The zero-order valence-electron chi connectivity index (χ0n) is 9.89. The molecule has 2 rings (SSSR count). The number of hydrogen-bond acceptors (Lipinski definition) is 2. The van der Waals surface area contributed by atoms with Gasteiger partial charge in [-0.05, 0) is 24.5 Å². The highest BCUT2D eigenvalue weighted by Crippen LogP contribution is 2.28. The van der Waals surface area contributed by atoms with Crippen LogP contribution in [0.4, 0.5) is 0 Å². The number of aliphatic imine (C=N–C) groups is 1. The van der Waals surface area contributed by atoms with Gasteiger partial charge in [-0.15, -0.1) is 0 Å². The van der Waals surface area contributed by atoms with Crippen LogP contribution in [-0.2, 0) is 0 Å². The van der Waals surface area contributed by atoms with E-state index in [1.807, 2.05) is 12.3 Å². The highest BCUT2D eigenvalue weighted by Gasteiger charge is 2.23. The van der Waals surface area contributed by atoms with E-state index in [2.05, 4.69) is 30.1 Å². The Morgan fingerprint density at radius 2 is 2.31 bits per heavy atom. The molecule has 1 aliphatic heterocycles. The minimum atomic E-state index is 0.292. The Labute approximate surface area is 97.6 Å².